The zero-order valence-corrected chi connectivity index (χ0v) is 6.68. The van der Waals surface area contributed by atoms with E-state index in [-0.39, 0.29) is 6.61 Å². The van der Waals surface area contributed by atoms with Gasteiger partial charge in [-0.2, -0.15) is 13.2 Å². The number of carbonyl (C=O) groups is 1. The van der Waals surface area contributed by atoms with E-state index in [0.717, 1.165) is 5.92 Å². The van der Waals surface area contributed by atoms with Crippen molar-refractivity contribution >= 4 is 5.97 Å². The fourth-order valence-electron chi connectivity index (χ4n) is 0.492. The molecule has 0 saturated heterocycles. The Hall–Kier alpha value is -1.22. The smallest absolute Gasteiger partial charge is 0.440 e. The van der Waals surface area contributed by atoms with Crippen LogP contribution in [0.1, 0.15) is 6.92 Å². The number of terminal acetylenes is 1. The quantitative estimate of drug-likeness (QED) is 0.516. The standard InChI is InChI=1S/C7H7F3O3/c1-3-6(12,7(8,9)10)5(11)13-4-2/h1,12H,4H2,2H3. The summed E-state index contributed by atoms with van der Waals surface area (Å²) in [6.45, 7) is 1.00. The van der Waals surface area contributed by atoms with Crippen molar-refractivity contribution in [3.8, 4) is 12.3 Å². The number of aliphatic hydroxyl groups is 1. The molecule has 1 atom stereocenters. The minimum absolute atomic E-state index is 0.293. The maximum absolute atomic E-state index is 12.0. The number of rotatable bonds is 2. The van der Waals surface area contributed by atoms with Gasteiger partial charge in [0.2, 0.25) is 0 Å². The fourth-order valence-corrected chi connectivity index (χ4v) is 0.492. The van der Waals surface area contributed by atoms with Crippen LogP contribution in [0.5, 0.6) is 0 Å². The van der Waals surface area contributed by atoms with Crippen LogP contribution in [0.3, 0.4) is 0 Å². The Morgan fingerprint density at radius 2 is 2.08 bits per heavy atom. The van der Waals surface area contributed by atoms with E-state index in [1.54, 1.807) is 0 Å². The molecular formula is C7H7F3O3. The molecule has 0 radical (unpaired) electrons. The minimum atomic E-state index is -5.23. The van der Waals surface area contributed by atoms with E-state index in [2.05, 4.69) is 11.2 Å². The highest BCUT2D eigenvalue weighted by Gasteiger charge is 2.60. The van der Waals surface area contributed by atoms with Gasteiger partial charge in [0.1, 0.15) is 0 Å². The summed E-state index contributed by atoms with van der Waals surface area (Å²) in [4.78, 5) is 10.6. The van der Waals surface area contributed by atoms with Gasteiger partial charge in [-0.3, -0.25) is 0 Å². The predicted molar refractivity (Wildman–Crippen MR) is 36.5 cm³/mol. The third-order valence-electron chi connectivity index (χ3n) is 1.19. The van der Waals surface area contributed by atoms with Gasteiger partial charge in [-0.25, -0.2) is 4.79 Å². The number of hydrogen-bond donors (Lipinski definition) is 1. The van der Waals surface area contributed by atoms with Gasteiger partial charge in [0, 0.05) is 0 Å². The van der Waals surface area contributed by atoms with Gasteiger partial charge >= 0.3 is 17.7 Å². The second-order valence-electron chi connectivity index (χ2n) is 2.07. The predicted octanol–water partition coefficient (Wildman–Crippen LogP) is 0.476. The lowest BCUT2D eigenvalue weighted by Crippen LogP contribution is -2.51. The zero-order valence-electron chi connectivity index (χ0n) is 6.68. The van der Waals surface area contributed by atoms with Gasteiger partial charge < -0.3 is 9.84 Å². The highest BCUT2D eigenvalue weighted by Crippen LogP contribution is 2.30. The molecule has 0 aliphatic heterocycles. The summed E-state index contributed by atoms with van der Waals surface area (Å²) in [5.41, 5.74) is -3.84. The SMILES string of the molecule is C#CC(O)(C(=O)OCC)C(F)(F)F. The fraction of sp³-hybridized carbons (Fsp3) is 0.571. The normalized spacial score (nSPS) is 15.7. The first kappa shape index (κ1) is 11.8. The lowest BCUT2D eigenvalue weighted by molar-refractivity contribution is -0.242. The van der Waals surface area contributed by atoms with Gasteiger partial charge in [-0.05, 0) is 6.92 Å². The Morgan fingerprint density at radius 1 is 1.62 bits per heavy atom. The average molecular weight is 196 g/mol. The van der Waals surface area contributed by atoms with Crippen LogP contribution in [0.15, 0.2) is 0 Å². The van der Waals surface area contributed by atoms with E-state index >= 15 is 0 Å². The number of hydrogen-bond acceptors (Lipinski definition) is 3. The summed E-state index contributed by atoms with van der Waals surface area (Å²) in [6.07, 6.45) is -0.825. The van der Waals surface area contributed by atoms with Gasteiger partial charge in [0.25, 0.3) is 0 Å². The number of halogens is 3. The lowest BCUT2D eigenvalue weighted by atomic mass is 10.1. The molecule has 0 aliphatic carbocycles. The summed E-state index contributed by atoms with van der Waals surface area (Å²) in [5.74, 6) is -0.925. The maximum atomic E-state index is 12.0. The molecule has 0 fully saturated rings. The zero-order chi connectivity index (χ0) is 10.7. The molecule has 13 heavy (non-hydrogen) atoms. The second kappa shape index (κ2) is 3.66. The topological polar surface area (TPSA) is 46.5 Å². The summed E-state index contributed by atoms with van der Waals surface area (Å²) >= 11 is 0. The third-order valence-corrected chi connectivity index (χ3v) is 1.19. The monoisotopic (exact) mass is 196 g/mol. The summed E-state index contributed by atoms with van der Waals surface area (Å²) < 4.78 is 39.9. The first-order chi connectivity index (χ1) is 5.79. The molecule has 1 unspecified atom stereocenters. The molecule has 1 N–H and O–H groups in total. The van der Waals surface area contributed by atoms with Crippen LogP contribution in [-0.4, -0.2) is 29.5 Å². The Balaban J connectivity index is 4.88. The summed E-state index contributed by atoms with van der Waals surface area (Å²) in [6, 6.07) is 0. The Labute approximate surface area is 72.5 Å². The average Bonchev–Trinajstić information content (AvgIpc) is 2.01. The van der Waals surface area contributed by atoms with Crippen molar-refractivity contribution < 1.29 is 27.8 Å². The van der Waals surface area contributed by atoms with E-state index < -0.39 is 17.7 Å². The molecule has 6 heteroatoms. The highest BCUT2D eigenvalue weighted by atomic mass is 19.4. The molecule has 0 spiro atoms. The molecular weight excluding hydrogens is 189 g/mol. The van der Waals surface area contributed by atoms with E-state index in [9.17, 15) is 18.0 Å². The van der Waals surface area contributed by atoms with Crippen LogP contribution >= 0.6 is 0 Å². The molecule has 0 amide bonds. The molecule has 3 nitrogen and oxygen atoms in total. The first-order valence-corrected chi connectivity index (χ1v) is 3.23. The Morgan fingerprint density at radius 3 is 2.31 bits per heavy atom. The molecule has 0 bridgehead atoms. The molecule has 0 saturated carbocycles. The van der Waals surface area contributed by atoms with Crippen LogP contribution in [0, 0.1) is 12.3 Å². The van der Waals surface area contributed by atoms with Crippen molar-refractivity contribution in [1.29, 1.82) is 0 Å². The Bertz CT molecular complexity index is 240. The lowest BCUT2D eigenvalue weighted by Gasteiger charge is -2.22. The number of ether oxygens (including phenoxy) is 1. The van der Waals surface area contributed by atoms with Crippen LogP contribution in [0.2, 0.25) is 0 Å². The van der Waals surface area contributed by atoms with E-state index in [1.807, 2.05) is 0 Å². The molecule has 0 rings (SSSR count). The molecule has 0 aliphatic rings. The van der Waals surface area contributed by atoms with Gasteiger partial charge in [0.05, 0.1) is 6.61 Å². The summed E-state index contributed by atoms with van der Waals surface area (Å²) in [5, 5.41) is 8.72. The van der Waals surface area contributed by atoms with Crippen molar-refractivity contribution in [2.24, 2.45) is 0 Å². The highest BCUT2D eigenvalue weighted by molar-refractivity contribution is 5.84. The Kier molecular flexibility index (Phi) is 3.32. The van der Waals surface area contributed by atoms with Crippen molar-refractivity contribution in [2.75, 3.05) is 6.61 Å². The molecule has 0 aromatic rings. The van der Waals surface area contributed by atoms with Crippen LogP contribution in [0.25, 0.3) is 0 Å². The second-order valence-corrected chi connectivity index (χ2v) is 2.07. The van der Waals surface area contributed by atoms with Crippen molar-refractivity contribution in [3.63, 3.8) is 0 Å². The number of esters is 1. The molecule has 0 aromatic carbocycles. The number of alkyl halides is 3. The molecule has 0 heterocycles. The largest absolute Gasteiger partial charge is 0.463 e. The van der Waals surface area contributed by atoms with Gasteiger partial charge in [0.15, 0.2) is 0 Å². The van der Waals surface area contributed by atoms with Crippen molar-refractivity contribution in [2.45, 2.75) is 18.7 Å². The van der Waals surface area contributed by atoms with E-state index in [0.29, 0.717) is 0 Å². The molecule has 0 aromatic heterocycles. The van der Waals surface area contributed by atoms with E-state index in [4.69, 9.17) is 5.11 Å². The first-order valence-electron chi connectivity index (χ1n) is 3.23. The van der Waals surface area contributed by atoms with E-state index in [1.165, 1.54) is 6.92 Å². The maximum Gasteiger partial charge on any atom is 0.440 e. The van der Waals surface area contributed by atoms with Crippen molar-refractivity contribution in [3.05, 3.63) is 0 Å². The van der Waals surface area contributed by atoms with Gasteiger partial charge in [-0.15, -0.1) is 6.42 Å². The third kappa shape index (κ3) is 2.12. The van der Waals surface area contributed by atoms with Crippen molar-refractivity contribution in [1.82, 2.24) is 0 Å². The van der Waals surface area contributed by atoms with Crippen LogP contribution in [0.4, 0.5) is 13.2 Å². The number of carbonyl (C=O) groups excluding carboxylic acids is 1. The summed E-state index contributed by atoms with van der Waals surface area (Å²) in [7, 11) is 0. The van der Waals surface area contributed by atoms with Crippen LogP contribution in [-0.2, 0) is 9.53 Å². The minimum Gasteiger partial charge on any atom is -0.463 e. The van der Waals surface area contributed by atoms with Crippen LogP contribution < -0.4 is 0 Å². The molecule has 74 valence electrons. The van der Waals surface area contributed by atoms with Gasteiger partial charge in [-0.1, -0.05) is 5.92 Å².